The van der Waals surface area contributed by atoms with Gasteiger partial charge in [-0.2, -0.15) is 5.26 Å². The van der Waals surface area contributed by atoms with Crippen LogP contribution in [-0.4, -0.2) is 11.0 Å². The predicted molar refractivity (Wildman–Crippen MR) is 83.1 cm³/mol. The highest BCUT2D eigenvalue weighted by Crippen LogP contribution is 2.32. The largest absolute Gasteiger partial charge is 0.389 e. The Morgan fingerprint density at radius 3 is 2.82 bits per heavy atom. The van der Waals surface area contributed by atoms with Gasteiger partial charge in [0, 0.05) is 5.69 Å². The molecule has 0 saturated carbocycles. The van der Waals surface area contributed by atoms with Gasteiger partial charge in [-0.15, -0.1) is 0 Å². The van der Waals surface area contributed by atoms with E-state index >= 15 is 0 Å². The van der Waals surface area contributed by atoms with E-state index in [2.05, 4.69) is 6.07 Å². The topological polar surface area (TPSA) is 64.3 Å². The van der Waals surface area contributed by atoms with Crippen LogP contribution in [0, 0.1) is 11.3 Å². The van der Waals surface area contributed by atoms with Crippen molar-refractivity contribution < 1.29 is 9.90 Å². The molecule has 0 bridgehead atoms. The van der Waals surface area contributed by atoms with Gasteiger partial charge < -0.3 is 10.0 Å². The molecule has 4 heteroatoms. The zero-order chi connectivity index (χ0) is 15.7. The number of benzene rings is 2. The number of carbonyl (C=O) groups excluding carboxylic acids is 1. The zero-order valence-electron chi connectivity index (χ0n) is 12.3. The van der Waals surface area contributed by atoms with E-state index in [0.717, 1.165) is 22.4 Å². The Morgan fingerprint density at radius 2 is 2.09 bits per heavy atom. The molecule has 0 aliphatic carbocycles. The molecule has 4 nitrogen and oxygen atoms in total. The van der Waals surface area contributed by atoms with E-state index in [-0.39, 0.29) is 5.91 Å². The lowest BCUT2D eigenvalue weighted by atomic mass is 10.0. The molecule has 1 atom stereocenters. The number of hydrogen-bond acceptors (Lipinski definition) is 3. The lowest BCUT2D eigenvalue weighted by Crippen LogP contribution is -2.26. The molecule has 1 heterocycles. The van der Waals surface area contributed by atoms with Crippen LogP contribution >= 0.6 is 0 Å². The number of anilines is 1. The molecular weight excluding hydrogens is 276 g/mol. The van der Waals surface area contributed by atoms with Crippen LogP contribution in [0.15, 0.2) is 42.5 Å². The average molecular weight is 292 g/mol. The van der Waals surface area contributed by atoms with E-state index in [1.54, 1.807) is 17.9 Å². The lowest BCUT2D eigenvalue weighted by Gasteiger charge is -2.18. The summed E-state index contributed by atoms with van der Waals surface area (Å²) in [5, 5.41) is 18.8. The van der Waals surface area contributed by atoms with Gasteiger partial charge in [0.05, 0.1) is 30.7 Å². The molecule has 22 heavy (non-hydrogen) atoms. The molecule has 0 fully saturated rings. The number of rotatable bonds is 3. The molecule has 2 aromatic rings. The Kier molecular flexibility index (Phi) is 3.66. The van der Waals surface area contributed by atoms with E-state index in [1.165, 1.54) is 0 Å². The van der Waals surface area contributed by atoms with Gasteiger partial charge in [0.25, 0.3) is 0 Å². The third kappa shape index (κ3) is 2.47. The van der Waals surface area contributed by atoms with Gasteiger partial charge in [-0.3, -0.25) is 4.79 Å². The molecule has 0 spiro atoms. The smallest absolute Gasteiger partial charge is 0.231 e. The first kappa shape index (κ1) is 14.3. The van der Waals surface area contributed by atoms with Crippen LogP contribution in [0.4, 0.5) is 5.69 Å². The predicted octanol–water partition coefficient (Wildman–Crippen LogP) is 2.70. The Labute approximate surface area is 129 Å². The number of nitriles is 1. The van der Waals surface area contributed by atoms with E-state index in [9.17, 15) is 9.90 Å². The maximum atomic E-state index is 12.3. The van der Waals surface area contributed by atoms with Gasteiger partial charge >= 0.3 is 0 Å². The quantitative estimate of drug-likeness (QED) is 0.946. The number of hydrogen-bond donors (Lipinski definition) is 1. The number of nitrogens with zero attached hydrogens (tertiary/aromatic N) is 2. The van der Waals surface area contributed by atoms with Crippen molar-refractivity contribution in [2.24, 2.45) is 0 Å². The van der Waals surface area contributed by atoms with Crippen molar-refractivity contribution in [3.05, 3.63) is 64.7 Å². The van der Waals surface area contributed by atoms with Crippen LogP contribution in [0.25, 0.3) is 0 Å². The number of aliphatic hydroxyl groups excluding tert-OH is 1. The molecule has 2 aromatic carbocycles. The first-order valence-electron chi connectivity index (χ1n) is 7.19. The third-order valence-corrected chi connectivity index (χ3v) is 3.99. The van der Waals surface area contributed by atoms with Gasteiger partial charge in [-0.25, -0.2) is 0 Å². The van der Waals surface area contributed by atoms with Gasteiger partial charge in [0.2, 0.25) is 5.91 Å². The fraction of sp³-hybridized carbons (Fsp3) is 0.222. The van der Waals surface area contributed by atoms with Crippen LogP contribution < -0.4 is 4.90 Å². The maximum absolute atomic E-state index is 12.3. The number of carbonyl (C=O) groups is 1. The lowest BCUT2D eigenvalue weighted by molar-refractivity contribution is -0.117. The van der Waals surface area contributed by atoms with Crippen molar-refractivity contribution in [2.45, 2.75) is 26.0 Å². The van der Waals surface area contributed by atoms with E-state index in [4.69, 9.17) is 5.26 Å². The minimum absolute atomic E-state index is 0.0190. The Morgan fingerprint density at radius 1 is 1.32 bits per heavy atom. The highest BCUT2D eigenvalue weighted by Gasteiger charge is 2.28. The molecule has 0 saturated heterocycles. The summed E-state index contributed by atoms with van der Waals surface area (Å²) < 4.78 is 0. The van der Waals surface area contributed by atoms with E-state index in [1.807, 2.05) is 36.4 Å². The van der Waals surface area contributed by atoms with Crippen LogP contribution in [0.5, 0.6) is 0 Å². The first-order valence-corrected chi connectivity index (χ1v) is 7.19. The Balaban J connectivity index is 1.94. The fourth-order valence-corrected chi connectivity index (χ4v) is 2.77. The number of aliphatic hydroxyl groups is 1. The minimum Gasteiger partial charge on any atom is -0.389 e. The third-order valence-electron chi connectivity index (χ3n) is 3.99. The maximum Gasteiger partial charge on any atom is 0.231 e. The summed E-state index contributed by atoms with van der Waals surface area (Å²) in [6, 6.07) is 15.1. The summed E-state index contributed by atoms with van der Waals surface area (Å²) in [4.78, 5) is 14.0. The van der Waals surface area contributed by atoms with E-state index < -0.39 is 6.10 Å². The van der Waals surface area contributed by atoms with Crippen molar-refractivity contribution >= 4 is 11.6 Å². The molecular formula is C18H16N2O2. The fourth-order valence-electron chi connectivity index (χ4n) is 2.77. The minimum atomic E-state index is -0.547. The molecule has 3 rings (SSSR count). The second-order valence-corrected chi connectivity index (χ2v) is 5.49. The molecule has 0 aromatic heterocycles. The summed E-state index contributed by atoms with van der Waals surface area (Å²) in [5.74, 6) is 0.0190. The Bertz CT molecular complexity index is 775. The van der Waals surface area contributed by atoms with Crippen molar-refractivity contribution in [1.29, 1.82) is 5.26 Å². The molecule has 1 unspecified atom stereocenters. The van der Waals surface area contributed by atoms with Crippen LogP contribution in [0.1, 0.15) is 35.3 Å². The Hall–Kier alpha value is -2.64. The molecule has 110 valence electrons. The monoisotopic (exact) mass is 292 g/mol. The van der Waals surface area contributed by atoms with Gasteiger partial charge in [-0.05, 0) is 35.7 Å². The van der Waals surface area contributed by atoms with Crippen LogP contribution in [0.2, 0.25) is 0 Å². The highest BCUT2D eigenvalue weighted by atomic mass is 16.3. The standard InChI is InChI=1S/C18H16N2O2/c1-12(21)13-6-7-17-16(8-13)9-18(22)20(17)11-15-5-3-2-4-14(15)10-19/h2-8,12,21H,9,11H2,1H3. The van der Waals surface area contributed by atoms with Crippen molar-refractivity contribution in [3.8, 4) is 6.07 Å². The second kappa shape index (κ2) is 5.63. The van der Waals surface area contributed by atoms with Gasteiger partial charge in [-0.1, -0.05) is 30.3 Å². The second-order valence-electron chi connectivity index (χ2n) is 5.49. The molecule has 1 N–H and O–H groups in total. The molecule has 1 aliphatic heterocycles. The number of fused-ring (bicyclic) bond motifs is 1. The molecule has 1 aliphatic rings. The van der Waals surface area contributed by atoms with Crippen molar-refractivity contribution in [2.75, 3.05) is 4.90 Å². The normalized spacial score (nSPS) is 14.6. The SMILES string of the molecule is CC(O)c1ccc2c(c1)CC(=O)N2Cc1ccccc1C#N. The van der Waals surface area contributed by atoms with E-state index in [0.29, 0.717) is 18.5 Å². The first-order chi connectivity index (χ1) is 10.6. The van der Waals surface area contributed by atoms with Gasteiger partial charge in [0.15, 0.2) is 0 Å². The summed E-state index contributed by atoms with van der Waals surface area (Å²) >= 11 is 0. The van der Waals surface area contributed by atoms with Crippen LogP contribution in [-0.2, 0) is 17.8 Å². The molecule has 1 amide bonds. The zero-order valence-corrected chi connectivity index (χ0v) is 12.3. The van der Waals surface area contributed by atoms with Crippen molar-refractivity contribution in [1.82, 2.24) is 0 Å². The van der Waals surface area contributed by atoms with Crippen molar-refractivity contribution in [3.63, 3.8) is 0 Å². The van der Waals surface area contributed by atoms with Gasteiger partial charge in [0.1, 0.15) is 0 Å². The molecule has 0 radical (unpaired) electrons. The summed E-state index contributed by atoms with van der Waals surface area (Å²) in [5.41, 5.74) is 4.03. The summed E-state index contributed by atoms with van der Waals surface area (Å²) in [7, 11) is 0. The average Bonchev–Trinajstić information content (AvgIpc) is 2.83. The van der Waals surface area contributed by atoms with Crippen LogP contribution in [0.3, 0.4) is 0 Å². The number of amides is 1. The summed E-state index contributed by atoms with van der Waals surface area (Å²) in [6.07, 6.45) is -0.210. The summed E-state index contributed by atoms with van der Waals surface area (Å²) in [6.45, 7) is 2.10. The highest BCUT2D eigenvalue weighted by molar-refractivity contribution is 6.01.